The van der Waals surface area contributed by atoms with Gasteiger partial charge < -0.3 is 4.90 Å². The Kier molecular flexibility index (Phi) is 4.00. The Balaban J connectivity index is 2.04. The zero-order valence-corrected chi connectivity index (χ0v) is 13.7. The summed E-state index contributed by atoms with van der Waals surface area (Å²) in [7, 11) is -4.04. The van der Waals surface area contributed by atoms with Gasteiger partial charge in [0.1, 0.15) is 23.9 Å². The Morgan fingerprint density at radius 3 is 2.68 bits per heavy atom. The number of halogens is 1. The molecule has 132 valence electrons. The third-order valence-corrected chi connectivity index (χ3v) is 4.37. The molecular weight excluding hydrogens is 355 g/mol. The van der Waals surface area contributed by atoms with Crippen molar-refractivity contribution in [1.29, 1.82) is 0 Å². The summed E-state index contributed by atoms with van der Waals surface area (Å²) >= 11 is 0. The van der Waals surface area contributed by atoms with E-state index in [0.717, 1.165) is 22.9 Å². The molecule has 0 atom stereocenters. The van der Waals surface area contributed by atoms with Gasteiger partial charge in [0.15, 0.2) is 5.82 Å². The highest BCUT2D eigenvalue weighted by molar-refractivity contribution is 7.89. The number of carbonyl (C=O) groups excluding carboxylic acids is 2. The molecule has 10 nitrogen and oxygen atoms in total. The summed E-state index contributed by atoms with van der Waals surface area (Å²) < 4.78 is 38.3. The number of amides is 3. The molecule has 1 aromatic heterocycles. The molecule has 2 aromatic rings. The van der Waals surface area contributed by atoms with E-state index in [1.807, 2.05) is 0 Å². The second-order valence-corrected chi connectivity index (χ2v) is 6.92. The van der Waals surface area contributed by atoms with Crippen molar-refractivity contribution in [3.63, 3.8) is 0 Å². The zero-order chi connectivity index (χ0) is 18.4. The molecular formula is C13H13FN6O4S. The van der Waals surface area contributed by atoms with Crippen LogP contribution in [-0.4, -0.2) is 46.6 Å². The molecule has 3 rings (SSSR count). The van der Waals surface area contributed by atoms with Crippen molar-refractivity contribution in [2.24, 2.45) is 5.14 Å². The van der Waals surface area contributed by atoms with E-state index >= 15 is 0 Å². The molecule has 1 aliphatic rings. The largest absolute Gasteiger partial charge is 0.324 e. The van der Waals surface area contributed by atoms with Gasteiger partial charge in [0.2, 0.25) is 15.9 Å². The number of benzene rings is 1. The molecule has 1 saturated heterocycles. The van der Waals surface area contributed by atoms with E-state index in [-0.39, 0.29) is 35.3 Å². The van der Waals surface area contributed by atoms with Gasteiger partial charge in [0.25, 0.3) is 0 Å². The summed E-state index contributed by atoms with van der Waals surface area (Å²) in [6.45, 7) is 1.28. The molecule has 1 aromatic carbocycles. The van der Waals surface area contributed by atoms with Crippen LogP contribution in [0.25, 0.3) is 5.69 Å². The Labute approximate surface area is 141 Å². The van der Waals surface area contributed by atoms with Crippen LogP contribution < -0.4 is 10.5 Å². The predicted molar refractivity (Wildman–Crippen MR) is 81.4 cm³/mol. The number of sulfonamides is 1. The van der Waals surface area contributed by atoms with Crippen LogP contribution >= 0.6 is 0 Å². The molecule has 12 heteroatoms. The number of imide groups is 1. The fourth-order valence-corrected chi connectivity index (χ4v) is 2.90. The Morgan fingerprint density at radius 1 is 1.36 bits per heavy atom. The van der Waals surface area contributed by atoms with Crippen LogP contribution in [-0.2, 0) is 21.4 Å². The van der Waals surface area contributed by atoms with Gasteiger partial charge in [-0.25, -0.2) is 32.4 Å². The summed E-state index contributed by atoms with van der Waals surface area (Å²) in [5.74, 6) is -0.773. The average molecular weight is 368 g/mol. The molecule has 0 bridgehead atoms. The predicted octanol–water partition coefficient (Wildman–Crippen LogP) is -0.586. The molecule has 0 saturated carbocycles. The molecule has 3 amide bonds. The number of rotatable bonds is 4. The normalized spacial score (nSPS) is 14.9. The molecule has 0 aliphatic carbocycles. The number of urea groups is 1. The monoisotopic (exact) mass is 368 g/mol. The van der Waals surface area contributed by atoms with E-state index in [9.17, 15) is 22.4 Å². The first-order valence-electron chi connectivity index (χ1n) is 6.99. The number of nitrogens with zero attached hydrogens (tertiary/aromatic N) is 4. The van der Waals surface area contributed by atoms with Crippen LogP contribution in [0.2, 0.25) is 0 Å². The Morgan fingerprint density at radius 2 is 2.08 bits per heavy atom. The van der Waals surface area contributed by atoms with Gasteiger partial charge in [-0.05, 0) is 25.1 Å². The Bertz CT molecular complexity index is 986. The maximum atomic E-state index is 14.2. The molecule has 3 N–H and O–H groups in total. The second-order valence-electron chi connectivity index (χ2n) is 5.35. The molecule has 1 fully saturated rings. The van der Waals surface area contributed by atoms with Gasteiger partial charge in [-0.1, -0.05) is 0 Å². The highest BCUT2D eigenvalue weighted by Gasteiger charge is 2.28. The Hall–Kier alpha value is -2.86. The average Bonchev–Trinajstić information content (AvgIpc) is 3.01. The van der Waals surface area contributed by atoms with Crippen molar-refractivity contribution in [1.82, 2.24) is 25.0 Å². The van der Waals surface area contributed by atoms with E-state index < -0.39 is 27.8 Å². The maximum absolute atomic E-state index is 14.2. The van der Waals surface area contributed by atoms with Crippen LogP contribution in [0.5, 0.6) is 0 Å². The molecule has 2 heterocycles. The van der Waals surface area contributed by atoms with Crippen LogP contribution in [0.15, 0.2) is 23.1 Å². The number of primary sulfonamides is 1. The van der Waals surface area contributed by atoms with Crippen LogP contribution in [0.4, 0.5) is 9.18 Å². The van der Waals surface area contributed by atoms with Crippen molar-refractivity contribution in [3.05, 3.63) is 35.7 Å². The van der Waals surface area contributed by atoms with E-state index in [4.69, 9.17) is 5.14 Å². The third kappa shape index (κ3) is 3.34. The van der Waals surface area contributed by atoms with E-state index in [1.165, 1.54) is 4.90 Å². The smallest absolute Gasteiger partial charge is 0.308 e. The number of carbonyl (C=O) groups is 2. The highest BCUT2D eigenvalue weighted by Crippen LogP contribution is 2.20. The second kappa shape index (κ2) is 5.89. The van der Waals surface area contributed by atoms with Crippen molar-refractivity contribution in [2.75, 3.05) is 6.54 Å². The van der Waals surface area contributed by atoms with E-state index in [1.54, 1.807) is 6.92 Å². The van der Waals surface area contributed by atoms with Crippen molar-refractivity contribution < 1.29 is 22.4 Å². The van der Waals surface area contributed by atoms with Crippen molar-refractivity contribution in [3.8, 4) is 5.69 Å². The minimum atomic E-state index is -4.04. The van der Waals surface area contributed by atoms with Gasteiger partial charge in [-0.15, -0.1) is 0 Å². The van der Waals surface area contributed by atoms with Crippen molar-refractivity contribution >= 4 is 22.0 Å². The van der Waals surface area contributed by atoms with Gasteiger partial charge in [0.05, 0.1) is 11.4 Å². The number of aromatic nitrogens is 3. The summed E-state index contributed by atoms with van der Waals surface area (Å²) in [6.07, 6.45) is 0. The maximum Gasteiger partial charge on any atom is 0.324 e. The van der Waals surface area contributed by atoms with Crippen LogP contribution in [0, 0.1) is 12.7 Å². The first-order chi connectivity index (χ1) is 11.6. The van der Waals surface area contributed by atoms with Gasteiger partial charge >= 0.3 is 6.03 Å². The van der Waals surface area contributed by atoms with E-state index in [2.05, 4.69) is 15.4 Å². The third-order valence-electron chi connectivity index (χ3n) is 3.45. The van der Waals surface area contributed by atoms with Gasteiger partial charge in [-0.2, -0.15) is 5.10 Å². The lowest BCUT2D eigenvalue weighted by atomic mass is 10.3. The number of hydrogen-bond acceptors (Lipinski definition) is 6. The molecule has 0 radical (unpaired) electrons. The first-order valence-corrected chi connectivity index (χ1v) is 8.54. The number of aryl methyl sites for hydroxylation is 1. The summed E-state index contributed by atoms with van der Waals surface area (Å²) in [6, 6.07) is 2.40. The van der Waals surface area contributed by atoms with Gasteiger partial charge in [-0.3, -0.25) is 10.1 Å². The highest BCUT2D eigenvalue weighted by atomic mass is 32.2. The first kappa shape index (κ1) is 17.0. The van der Waals surface area contributed by atoms with Gasteiger partial charge in [0, 0.05) is 0 Å². The number of hydrogen-bond donors (Lipinski definition) is 2. The zero-order valence-electron chi connectivity index (χ0n) is 12.9. The SMILES string of the molecule is Cc1nc(CN2CC(=O)NC2=O)n(-c2cc(S(N)(=O)=O)ccc2F)n1. The summed E-state index contributed by atoms with van der Waals surface area (Å²) in [5, 5.41) is 11.2. The van der Waals surface area contributed by atoms with Crippen LogP contribution in [0.3, 0.4) is 0 Å². The minimum Gasteiger partial charge on any atom is -0.308 e. The minimum absolute atomic E-state index is 0.114. The lowest BCUT2D eigenvalue weighted by Crippen LogP contribution is -2.29. The number of nitrogens with one attached hydrogen (secondary N) is 1. The van der Waals surface area contributed by atoms with Crippen molar-refractivity contribution in [2.45, 2.75) is 18.4 Å². The molecule has 0 unspecified atom stereocenters. The molecule has 1 aliphatic heterocycles. The van der Waals surface area contributed by atoms with E-state index in [0.29, 0.717) is 0 Å². The standard InChI is InChI=1S/C13H13FN6O4S/c1-7-16-11(5-19-6-12(21)17-13(19)22)20(18-7)10-4-8(25(15,23)24)2-3-9(10)14/h2-4H,5-6H2,1H3,(H2,15,23,24)(H,17,21,22). The summed E-state index contributed by atoms with van der Waals surface area (Å²) in [5.41, 5.74) is -0.187. The fraction of sp³-hybridized carbons (Fsp3) is 0.231. The molecule has 0 spiro atoms. The van der Waals surface area contributed by atoms with Crippen LogP contribution in [0.1, 0.15) is 11.6 Å². The topological polar surface area (TPSA) is 140 Å². The quantitative estimate of drug-likeness (QED) is 0.692. The number of nitrogens with two attached hydrogens (primary N) is 1. The fourth-order valence-electron chi connectivity index (χ4n) is 2.37. The summed E-state index contributed by atoms with van der Waals surface area (Å²) in [4.78, 5) is 27.9. The lowest BCUT2D eigenvalue weighted by Gasteiger charge is -2.14. The molecule has 25 heavy (non-hydrogen) atoms. The lowest BCUT2D eigenvalue weighted by molar-refractivity contribution is -0.118.